The van der Waals surface area contributed by atoms with E-state index >= 15 is 0 Å². The van der Waals surface area contributed by atoms with E-state index in [-0.39, 0.29) is 24.0 Å². The normalized spacial score (nSPS) is 15.0. The maximum Gasteiger partial charge on any atom is 0.317 e. The number of urea groups is 1. The quantitative estimate of drug-likeness (QED) is 0.909. The second-order valence-electron chi connectivity index (χ2n) is 7.69. The number of nitrogens with zero attached hydrogens (tertiary/aromatic N) is 2. The molecule has 1 aliphatic rings. The standard InChI is InChI=1S/C19H29N3O3/c1-15-6-5-7-16(12-15)25-13-17(23)21-8-10-22(11-9-21)18(24)20-14-19(2,3)4/h5-7,12H,8-11,13-14H2,1-4H3,(H,20,24). The summed E-state index contributed by atoms with van der Waals surface area (Å²) in [6.07, 6.45) is 0. The van der Waals surface area contributed by atoms with Crippen LogP contribution in [0.5, 0.6) is 5.75 Å². The zero-order chi connectivity index (χ0) is 18.4. The predicted octanol–water partition coefficient (Wildman–Crippen LogP) is 2.27. The van der Waals surface area contributed by atoms with Crippen molar-refractivity contribution < 1.29 is 14.3 Å². The maximum atomic E-state index is 12.3. The van der Waals surface area contributed by atoms with Crippen LogP contribution in [0.1, 0.15) is 26.3 Å². The molecule has 0 atom stereocenters. The lowest BCUT2D eigenvalue weighted by atomic mass is 9.97. The van der Waals surface area contributed by atoms with Crippen molar-refractivity contribution in [3.05, 3.63) is 29.8 Å². The first-order chi connectivity index (χ1) is 11.7. The van der Waals surface area contributed by atoms with Crippen molar-refractivity contribution in [3.8, 4) is 5.75 Å². The number of ether oxygens (including phenoxy) is 1. The van der Waals surface area contributed by atoms with Crippen LogP contribution in [0.25, 0.3) is 0 Å². The summed E-state index contributed by atoms with van der Waals surface area (Å²) in [6.45, 7) is 11.1. The first-order valence-electron chi connectivity index (χ1n) is 8.75. The van der Waals surface area contributed by atoms with Gasteiger partial charge in [0.25, 0.3) is 5.91 Å². The van der Waals surface area contributed by atoms with Gasteiger partial charge in [-0.05, 0) is 30.0 Å². The number of piperazine rings is 1. The Bertz CT molecular complexity index is 602. The van der Waals surface area contributed by atoms with Crippen LogP contribution in [-0.4, -0.2) is 61.1 Å². The molecular weight excluding hydrogens is 318 g/mol. The highest BCUT2D eigenvalue weighted by Gasteiger charge is 2.25. The SMILES string of the molecule is Cc1cccc(OCC(=O)N2CCN(C(=O)NCC(C)(C)C)CC2)c1. The molecule has 1 heterocycles. The van der Waals surface area contributed by atoms with Crippen molar-refractivity contribution in [2.24, 2.45) is 5.41 Å². The number of benzene rings is 1. The molecule has 3 amide bonds. The molecule has 1 aliphatic heterocycles. The fraction of sp³-hybridized carbons (Fsp3) is 0.579. The minimum atomic E-state index is -0.0574. The summed E-state index contributed by atoms with van der Waals surface area (Å²) in [6, 6.07) is 7.59. The molecule has 0 aromatic heterocycles. The molecule has 1 aromatic rings. The molecule has 0 spiro atoms. The number of amides is 3. The lowest BCUT2D eigenvalue weighted by molar-refractivity contribution is -0.134. The summed E-state index contributed by atoms with van der Waals surface area (Å²) >= 11 is 0. The number of hydrogen-bond donors (Lipinski definition) is 1. The Balaban J connectivity index is 1.73. The average molecular weight is 347 g/mol. The molecule has 0 radical (unpaired) electrons. The van der Waals surface area contributed by atoms with E-state index in [1.807, 2.05) is 31.2 Å². The van der Waals surface area contributed by atoms with Gasteiger partial charge in [0.1, 0.15) is 5.75 Å². The Morgan fingerprint density at radius 3 is 2.36 bits per heavy atom. The summed E-state index contributed by atoms with van der Waals surface area (Å²) in [4.78, 5) is 27.9. The molecule has 1 aromatic carbocycles. The molecule has 138 valence electrons. The third-order valence-electron chi connectivity index (χ3n) is 4.04. The van der Waals surface area contributed by atoms with Crippen LogP contribution in [0.3, 0.4) is 0 Å². The molecule has 1 fully saturated rings. The molecule has 25 heavy (non-hydrogen) atoms. The number of rotatable bonds is 4. The summed E-state index contributed by atoms with van der Waals surface area (Å²) in [5, 5.41) is 2.95. The molecule has 1 N–H and O–H groups in total. The van der Waals surface area contributed by atoms with Crippen LogP contribution >= 0.6 is 0 Å². The molecule has 1 saturated heterocycles. The molecule has 0 aliphatic carbocycles. The lowest BCUT2D eigenvalue weighted by Gasteiger charge is -2.35. The molecule has 0 bridgehead atoms. The van der Waals surface area contributed by atoms with Crippen molar-refractivity contribution in [1.82, 2.24) is 15.1 Å². The molecule has 0 unspecified atom stereocenters. The summed E-state index contributed by atoms with van der Waals surface area (Å²) in [7, 11) is 0. The van der Waals surface area contributed by atoms with Gasteiger partial charge in [-0.2, -0.15) is 0 Å². The van der Waals surface area contributed by atoms with Crippen LogP contribution in [-0.2, 0) is 4.79 Å². The smallest absolute Gasteiger partial charge is 0.317 e. The van der Waals surface area contributed by atoms with E-state index in [1.165, 1.54) is 0 Å². The van der Waals surface area contributed by atoms with Crippen LogP contribution in [0.4, 0.5) is 4.79 Å². The highest BCUT2D eigenvalue weighted by molar-refractivity contribution is 5.79. The molecule has 6 nitrogen and oxygen atoms in total. The number of carbonyl (C=O) groups excluding carboxylic acids is 2. The minimum Gasteiger partial charge on any atom is -0.484 e. The topological polar surface area (TPSA) is 61.9 Å². The Labute approximate surface area is 150 Å². The van der Waals surface area contributed by atoms with E-state index in [9.17, 15) is 9.59 Å². The van der Waals surface area contributed by atoms with E-state index in [4.69, 9.17) is 4.74 Å². The van der Waals surface area contributed by atoms with Gasteiger partial charge in [-0.15, -0.1) is 0 Å². The highest BCUT2D eigenvalue weighted by atomic mass is 16.5. The van der Waals surface area contributed by atoms with Crippen LogP contribution < -0.4 is 10.1 Å². The fourth-order valence-electron chi connectivity index (χ4n) is 2.55. The van der Waals surface area contributed by atoms with Crippen LogP contribution in [0.2, 0.25) is 0 Å². The minimum absolute atomic E-state index is 0.0275. The van der Waals surface area contributed by atoms with Gasteiger partial charge in [-0.25, -0.2) is 4.79 Å². The van der Waals surface area contributed by atoms with Gasteiger partial charge < -0.3 is 19.9 Å². The van der Waals surface area contributed by atoms with Crippen molar-refractivity contribution in [1.29, 1.82) is 0 Å². The van der Waals surface area contributed by atoms with E-state index < -0.39 is 0 Å². The van der Waals surface area contributed by atoms with Crippen molar-refractivity contribution in [2.75, 3.05) is 39.3 Å². The van der Waals surface area contributed by atoms with Crippen molar-refractivity contribution in [2.45, 2.75) is 27.7 Å². The first kappa shape index (κ1) is 19.1. The van der Waals surface area contributed by atoms with E-state index in [1.54, 1.807) is 9.80 Å². The lowest BCUT2D eigenvalue weighted by Crippen LogP contribution is -2.54. The molecule has 2 rings (SSSR count). The zero-order valence-electron chi connectivity index (χ0n) is 15.7. The van der Waals surface area contributed by atoms with Crippen LogP contribution in [0.15, 0.2) is 24.3 Å². The van der Waals surface area contributed by atoms with Gasteiger partial charge >= 0.3 is 6.03 Å². The van der Waals surface area contributed by atoms with Gasteiger partial charge in [-0.1, -0.05) is 32.9 Å². The third kappa shape index (κ3) is 6.29. The largest absolute Gasteiger partial charge is 0.484 e. The van der Waals surface area contributed by atoms with Gasteiger partial charge in [0.05, 0.1) is 0 Å². The summed E-state index contributed by atoms with van der Waals surface area (Å²) in [5.41, 5.74) is 1.15. The number of nitrogens with one attached hydrogen (secondary N) is 1. The van der Waals surface area contributed by atoms with Crippen molar-refractivity contribution in [3.63, 3.8) is 0 Å². The second kappa shape index (κ2) is 8.23. The average Bonchev–Trinajstić information content (AvgIpc) is 2.57. The molecule has 0 saturated carbocycles. The number of hydrogen-bond acceptors (Lipinski definition) is 3. The summed E-state index contributed by atoms with van der Waals surface area (Å²) < 4.78 is 5.57. The predicted molar refractivity (Wildman–Crippen MR) is 97.7 cm³/mol. The Kier molecular flexibility index (Phi) is 6.28. The van der Waals surface area contributed by atoms with Gasteiger partial charge in [0.15, 0.2) is 6.61 Å². The fourth-order valence-corrected chi connectivity index (χ4v) is 2.55. The Morgan fingerprint density at radius 1 is 1.12 bits per heavy atom. The van der Waals surface area contributed by atoms with Gasteiger partial charge in [-0.3, -0.25) is 4.79 Å². The number of aryl methyl sites for hydroxylation is 1. The van der Waals surface area contributed by atoms with E-state index in [2.05, 4.69) is 26.1 Å². The van der Waals surface area contributed by atoms with Crippen molar-refractivity contribution >= 4 is 11.9 Å². The zero-order valence-corrected chi connectivity index (χ0v) is 15.7. The maximum absolute atomic E-state index is 12.3. The summed E-state index contributed by atoms with van der Waals surface area (Å²) in [5.74, 6) is 0.657. The Hall–Kier alpha value is -2.24. The molecular formula is C19H29N3O3. The first-order valence-corrected chi connectivity index (χ1v) is 8.75. The molecule has 6 heteroatoms. The number of carbonyl (C=O) groups is 2. The van der Waals surface area contributed by atoms with Gasteiger partial charge in [0, 0.05) is 32.7 Å². The van der Waals surface area contributed by atoms with E-state index in [0.717, 1.165) is 5.56 Å². The van der Waals surface area contributed by atoms with E-state index in [0.29, 0.717) is 38.5 Å². The van der Waals surface area contributed by atoms with Crippen LogP contribution in [0, 0.1) is 12.3 Å². The third-order valence-corrected chi connectivity index (χ3v) is 4.04. The second-order valence-corrected chi connectivity index (χ2v) is 7.69. The monoisotopic (exact) mass is 347 g/mol. The highest BCUT2D eigenvalue weighted by Crippen LogP contribution is 2.13. The van der Waals surface area contributed by atoms with Gasteiger partial charge in [0.2, 0.25) is 0 Å². The Morgan fingerprint density at radius 2 is 1.76 bits per heavy atom.